The van der Waals surface area contributed by atoms with E-state index in [2.05, 4.69) is 26.0 Å². The molecule has 0 atom stereocenters. The van der Waals surface area contributed by atoms with E-state index in [4.69, 9.17) is 9.47 Å². The quantitative estimate of drug-likeness (QED) is 0.257. The number of urea groups is 1. The second-order valence-electron chi connectivity index (χ2n) is 11.5. The van der Waals surface area contributed by atoms with Crippen molar-refractivity contribution in [3.63, 3.8) is 0 Å². The summed E-state index contributed by atoms with van der Waals surface area (Å²) >= 11 is 0. The van der Waals surface area contributed by atoms with Crippen LogP contribution in [0.3, 0.4) is 0 Å². The number of rotatable bonds is 8. The molecule has 0 radical (unpaired) electrons. The Morgan fingerprint density at radius 3 is 2.56 bits per heavy atom. The first-order chi connectivity index (χ1) is 21.9. The van der Waals surface area contributed by atoms with Crippen LogP contribution in [0.25, 0.3) is 0 Å². The van der Waals surface area contributed by atoms with Crippen LogP contribution in [-0.4, -0.2) is 57.0 Å². The molecule has 4 aromatic rings. The lowest BCUT2D eigenvalue weighted by Gasteiger charge is -2.32. The van der Waals surface area contributed by atoms with Crippen LogP contribution in [0.15, 0.2) is 66.7 Å². The largest absolute Gasteiger partial charge is 0.497 e. The smallest absolute Gasteiger partial charge is 0.410 e. The molecule has 2 heterocycles. The molecule has 2 N–H and O–H groups in total. The highest BCUT2D eigenvalue weighted by Gasteiger charge is 2.28. The number of ether oxygens (including phenoxy) is 2. The molecule has 11 nitrogen and oxygen atoms in total. The second-order valence-corrected chi connectivity index (χ2v) is 11.5. The Morgan fingerprint density at radius 1 is 0.978 bits per heavy atom. The lowest BCUT2D eigenvalue weighted by atomic mass is 9.85. The van der Waals surface area contributed by atoms with Gasteiger partial charge in [-0.15, -0.1) is 10.2 Å². The van der Waals surface area contributed by atoms with E-state index in [9.17, 15) is 14.0 Å². The van der Waals surface area contributed by atoms with Crippen molar-refractivity contribution in [3.05, 3.63) is 95.1 Å². The van der Waals surface area contributed by atoms with Crippen molar-refractivity contribution in [3.8, 4) is 5.75 Å². The summed E-state index contributed by atoms with van der Waals surface area (Å²) in [7, 11) is 1.64. The number of tetrazole rings is 1. The van der Waals surface area contributed by atoms with Crippen molar-refractivity contribution < 1.29 is 23.5 Å². The molecule has 234 valence electrons. The maximum Gasteiger partial charge on any atom is 0.410 e. The van der Waals surface area contributed by atoms with Gasteiger partial charge >= 0.3 is 12.1 Å². The number of hydrogen-bond donors (Lipinski definition) is 2. The van der Waals surface area contributed by atoms with Gasteiger partial charge in [0.25, 0.3) is 0 Å². The number of fused-ring (bicyclic) bond motifs is 1. The first-order valence-corrected chi connectivity index (χ1v) is 15.2. The van der Waals surface area contributed by atoms with Gasteiger partial charge in [0, 0.05) is 25.2 Å². The highest BCUT2D eigenvalue weighted by atomic mass is 19.1. The van der Waals surface area contributed by atoms with Crippen molar-refractivity contribution >= 4 is 23.5 Å². The van der Waals surface area contributed by atoms with Crippen LogP contribution in [0.4, 0.5) is 25.4 Å². The Hall–Kier alpha value is -5.00. The normalized spacial score (nSPS) is 17.7. The molecule has 1 aliphatic heterocycles. The summed E-state index contributed by atoms with van der Waals surface area (Å²) in [6.45, 7) is 1.53. The average molecular weight is 614 g/mol. The van der Waals surface area contributed by atoms with Gasteiger partial charge in [0.15, 0.2) is 5.82 Å². The Morgan fingerprint density at radius 2 is 1.78 bits per heavy atom. The zero-order valence-electron chi connectivity index (χ0n) is 25.1. The van der Waals surface area contributed by atoms with Crippen LogP contribution < -0.4 is 15.4 Å². The van der Waals surface area contributed by atoms with Gasteiger partial charge in [-0.3, -0.25) is 0 Å². The topological polar surface area (TPSA) is 124 Å². The van der Waals surface area contributed by atoms with Gasteiger partial charge in [0.05, 0.1) is 19.3 Å². The molecule has 0 bridgehead atoms. The monoisotopic (exact) mass is 613 g/mol. The zero-order valence-corrected chi connectivity index (χ0v) is 25.1. The molecule has 6 rings (SSSR count). The van der Waals surface area contributed by atoms with E-state index in [1.54, 1.807) is 35.0 Å². The molecule has 1 saturated carbocycles. The van der Waals surface area contributed by atoms with Crippen LogP contribution in [0.2, 0.25) is 0 Å². The summed E-state index contributed by atoms with van der Waals surface area (Å²) in [5, 5.41) is 18.3. The number of nitrogens with one attached hydrogen (secondary N) is 2. The first-order valence-electron chi connectivity index (χ1n) is 15.2. The van der Waals surface area contributed by atoms with E-state index in [1.807, 2.05) is 36.4 Å². The van der Waals surface area contributed by atoms with Gasteiger partial charge < -0.3 is 25.0 Å². The third kappa shape index (κ3) is 7.75. The van der Waals surface area contributed by atoms with Crippen molar-refractivity contribution in [2.75, 3.05) is 24.3 Å². The number of para-hydroxylation sites is 1. The molecule has 45 heavy (non-hydrogen) atoms. The number of halogens is 1. The highest BCUT2D eigenvalue weighted by molar-refractivity contribution is 5.99. The van der Waals surface area contributed by atoms with Gasteiger partial charge in [-0.2, -0.15) is 4.80 Å². The first kappa shape index (κ1) is 30.0. The number of carbonyl (C=O) groups excluding carboxylic acids is 2. The Kier molecular flexibility index (Phi) is 9.18. The molecule has 0 unspecified atom stereocenters. The molecule has 1 aliphatic carbocycles. The second kappa shape index (κ2) is 13.7. The van der Waals surface area contributed by atoms with Crippen LogP contribution in [-0.2, 0) is 30.7 Å². The van der Waals surface area contributed by atoms with Gasteiger partial charge in [0.2, 0.25) is 0 Å². The maximum atomic E-state index is 13.8. The third-order valence-corrected chi connectivity index (χ3v) is 8.37. The summed E-state index contributed by atoms with van der Waals surface area (Å²) in [5.41, 5.74) is 3.85. The Labute approximate surface area is 260 Å². The highest BCUT2D eigenvalue weighted by Crippen LogP contribution is 2.30. The number of benzene rings is 3. The zero-order chi connectivity index (χ0) is 31.2. The minimum atomic E-state index is -0.525. The number of amides is 3. The van der Waals surface area contributed by atoms with E-state index >= 15 is 0 Å². The molecule has 0 saturated heterocycles. The maximum absolute atomic E-state index is 13.8. The summed E-state index contributed by atoms with van der Waals surface area (Å²) in [4.78, 5) is 28.7. The van der Waals surface area contributed by atoms with Gasteiger partial charge in [-0.05, 0) is 96.3 Å². The average Bonchev–Trinajstić information content (AvgIpc) is 3.49. The van der Waals surface area contributed by atoms with E-state index in [0.29, 0.717) is 37.7 Å². The fourth-order valence-electron chi connectivity index (χ4n) is 5.88. The van der Waals surface area contributed by atoms with Gasteiger partial charge in [-0.1, -0.05) is 30.3 Å². The van der Waals surface area contributed by atoms with Crippen LogP contribution >= 0.6 is 0 Å². The summed E-state index contributed by atoms with van der Waals surface area (Å²) < 4.78 is 25.0. The van der Waals surface area contributed by atoms with E-state index in [1.165, 1.54) is 12.1 Å². The molecule has 1 aromatic heterocycles. The summed E-state index contributed by atoms with van der Waals surface area (Å²) in [6, 6.07) is 18.9. The fraction of sp³-hybridized carbons (Fsp3) is 0.364. The van der Waals surface area contributed by atoms with Gasteiger partial charge in [0.1, 0.15) is 17.7 Å². The third-order valence-electron chi connectivity index (χ3n) is 8.37. The number of nitrogens with zero attached hydrogens (tertiary/aromatic N) is 5. The molecule has 1 fully saturated rings. The number of anilines is 2. The Balaban J connectivity index is 0.932. The lowest BCUT2D eigenvalue weighted by Crippen LogP contribution is -2.39. The molecule has 12 heteroatoms. The minimum Gasteiger partial charge on any atom is -0.497 e. The molecule has 3 aromatic carbocycles. The van der Waals surface area contributed by atoms with Crippen LogP contribution in [0.5, 0.6) is 5.75 Å². The molecule has 3 amide bonds. The lowest BCUT2D eigenvalue weighted by molar-refractivity contribution is 0.0350. The predicted molar refractivity (Wildman–Crippen MR) is 165 cm³/mol. The van der Waals surface area contributed by atoms with Crippen molar-refractivity contribution in [2.45, 2.75) is 57.7 Å². The Bertz CT molecular complexity index is 1640. The molecule has 2 aliphatic rings. The summed E-state index contributed by atoms with van der Waals surface area (Å²) in [5.74, 6) is 1.47. The predicted octanol–water partition coefficient (Wildman–Crippen LogP) is 5.81. The van der Waals surface area contributed by atoms with E-state index < -0.39 is 11.8 Å². The standard InChI is InChI=1S/C33H36FN7O4/c1-44-27-12-8-23(9-13-27)20-41-38-31(37-39-41)18-22-6-14-28(15-7-22)45-33(43)40-17-16-24-19-26(11-10-25(24)21-40)35-32(42)36-30-5-3-2-4-29(30)34/h2-5,8-13,19,22,28H,6-7,14-18,20-21H2,1H3,(H2,35,36,42)/t22-,28-. The number of hydrogen-bond acceptors (Lipinski definition) is 7. The van der Waals surface area contributed by atoms with Gasteiger partial charge in [-0.25, -0.2) is 14.0 Å². The van der Waals surface area contributed by atoms with Crippen molar-refractivity contribution in [2.24, 2.45) is 5.92 Å². The minimum absolute atomic E-state index is 0.103. The summed E-state index contributed by atoms with van der Waals surface area (Å²) in [6.07, 6.45) is 4.51. The number of carbonyl (C=O) groups is 2. The van der Waals surface area contributed by atoms with E-state index in [0.717, 1.165) is 60.4 Å². The van der Waals surface area contributed by atoms with Crippen LogP contribution in [0, 0.1) is 11.7 Å². The van der Waals surface area contributed by atoms with Crippen molar-refractivity contribution in [1.82, 2.24) is 25.1 Å². The molecular formula is C33H36FN7O4. The van der Waals surface area contributed by atoms with Crippen LogP contribution in [0.1, 0.15) is 48.2 Å². The van der Waals surface area contributed by atoms with Crippen molar-refractivity contribution in [1.29, 1.82) is 0 Å². The molecule has 0 spiro atoms. The SMILES string of the molecule is COc1ccc(Cn2nnc(C[C@H]3CC[C@H](OC(=O)N4CCc5cc(NC(=O)Nc6ccccc6F)ccc5C4)CC3)n2)cc1. The number of aromatic nitrogens is 4. The fourth-order valence-corrected chi connectivity index (χ4v) is 5.88. The van der Waals surface area contributed by atoms with E-state index in [-0.39, 0.29) is 17.9 Å². The number of methoxy groups -OCH3 is 1. The molecular weight excluding hydrogens is 577 g/mol.